The van der Waals surface area contributed by atoms with Gasteiger partial charge in [-0.2, -0.15) is 0 Å². The summed E-state index contributed by atoms with van der Waals surface area (Å²) < 4.78 is 18.6. The number of nitrogen functional groups attached to an aromatic ring is 1. The van der Waals surface area contributed by atoms with E-state index < -0.39 is 0 Å². The van der Waals surface area contributed by atoms with Crippen LogP contribution in [0.2, 0.25) is 0 Å². The summed E-state index contributed by atoms with van der Waals surface area (Å²) in [6.07, 6.45) is 3.66. The van der Waals surface area contributed by atoms with E-state index in [2.05, 4.69) is 15.9 Å². The van der Waals surface area contributed by atoms with Crippen LogP contribution in [0, 0.1) is 5.82 Å². The molecule has 0 aromatic heterocycles. The number of halogens is 2. The molecular formula is C11H13BrFNO. The lowest BCUT2D eigenvalue weighted by Crippen LogP contribution is -1.93. The molecule has 15 heavy (non-hydrogen) atoms. The van der Waals surface area contributed by atoms with Crippen LogP contribution in [0.15, 0.2) is 22.7 Å². The first kappa shape index (κ1) is 12.2. The average Bonchev–Trinajstić information content (AvgIpc) is 2.20. The molecule has 2 nitrogen and oxygen atoms in total. The molecule has 0 atom stereocenters. The number of benzene rings is 1. The Hall–Kier alpha value is -0.870. The van der Waals surface area contributed by atoms with Crippen molar-refractivity contribution in [3.05, 3.63) is 34.1 Å². The molecule has 0 saturated carbocycles. The maximum Gasteiger partial charge on any atom is 0.139 e. The Bertz CT molecular complexity index is 366. The van der Waals surface area contributed by atoms with E-state index in [0.717, 1.165) is 5.56 Å². The fourth-order valence-electron chi connectivity index (χ4n) is 1.08. The number of hydrogen-bond donors (Lipinski definition) is 1. The van der Waals surface area contributed by atoms with Crippen LogP contribution in [0.4, 0.5) is 10.1 Å². The van der Waals surface area contributed by atoms with Gasteiger partial charge in [-0.25, -0.2) is 4.39 Å². The van der Waals surface area contributed by atoms with E-state index in [1.165, 1.54) is 6.07 Å². The fraction of sp³-hybridized carbons (Fsp3) is 0.273. The quantitative estimate of drug-likeness (QED) is 0.675. The number of nitrogens with two attached hydrogens (primary N) is 1. The van der Waals surface area contributed by atoms with Gasteiger partial charge in [-0.15, -0.1) is 0 Å². The van der Waals surface area contributed by atoms with Crippen molar-refractivity contribution < 1.29 is 9.13 Å². The zero-order valence-electron chi connectivity index (χ0n) is 8.47. The lowest BCUT2D eigenvalue weighted by Gasteiger charge is -2.02. The van der Waals surface area contributed by atoms with E-state index in [9.17, 15) is 4.39 Å². The molecular weight excluding hydrogens is 261 g/mol. The Morgan fingerprint density at radius 2 is 2.27 bits per heavy atom. The standard InChI is InChI=1S/C11H13BrFNO/c1-2-15-5-3-4-8-6-9(12)10(13)7-11(8)14/h3-4,6-7H,2,5,14H2,1H3/b4-3+. The first-order valence-corrected chi connectivity index (χ1v) is 5.43. The molecule has 1 rings (SSSR count). The highest BCUT2D eigenvalue weighted by atomic mass is 79.9. The second kappa shape index (κ2) is 5.88. The highest BCUT2D eigenvalue weighted by Crippen LogP contribution is 2.23. The fourth-order valence-corrected chi connectivity index (χ4v) is 1.44. The highest BCUT2D eigenvalue weighted by Gasteiger charge is 2.02. The third kappa shape index (κ3) is 3.64. The van der Waals surface area contributed by atoms with Crippen molar-refractivity contribution >= 4 is 27.7 Å². The molecule has 0 aliphatic rings. The largest absolute Gasteiger partial charge is 0.398 e. The number of hydrogen-bond acceptors (Lipinski definition) is 2. The van der Waals surface area contributed by atoms with Crippen LogP contribution in [0.1, 0.15) is 12.5 Å². The molecule has 0 fully saturated rings. The van der Waals surface area contributed by atoms with Gasteiger partial charge in [0.1, 0.15) is 5.82 Å². The molecule has 0 unspecified atom stereocenters. The Balaban J connectivity index is 2.77. The van der Waals surface area contributed by atoms with Crippen molar-refractivity contribution in [2.24, 2.45) is 0 Å². The lowest BCUT2D eigenvalue weighted by atomic mass is 10.1. The first-order valence-electron chi connectivity index (χ1n) is 4.64. The third-order valence-electron chi connectivity index (χ3n) is 1.84. The Morgan fingerprint density at radius 1 is 1.53 bits per heavy atom. The zero-order chi connectivity index (χ0) is 11.3. The molecule has 0 amide bonds. The van der Waals surface area contributed by atoms with Crippen LogP contribution in [0.25, 0.3) is 6.08 Å². The minimum Gasteiger partial charge on any atom is -0.398 e. The molecule has 0 radical (unpaired) electrons. The Morgan fingerprint density at radius 3 is 2.93 bits per heavy atom. The molecule has 2 N–H and O–H groups in total. The van der Waals surface area contributed by atoms with E-state index in [1.807, 2.05) is 19.1 Å². The second-order valence-corrected chi connectivity index (χ2v) is 3.81. The van der Waals surface area contributed by atoms with Crippen LogP contribution >= 0.6 is 15.9 Å². The maximum absolute atomic E-state index is 13.0. The molecule has 0 saturated heterocycles. The van der Waals surface area contributed by atoms with Crippen molar-refractivity contribution in [2.75, 3.05) is 18.9 Å². The third-order valence-corrected chi connectivity index (χ3v) is 2.45. The van der Waals surface area contributed by atoms with Crippen LogP contribution in [0.5, 0.6) is 0 Å². The molecule has 4 heteroatoms. The van der Waals surface area contributed by atoms with E-state index >= 15 is 0 Å². The van der Waals surface area contributed by atoms with Gasteiger partial charge in [0.25, 0.3) is 0 Å². The zero-order valence-corrected chi connectivity index (χ0v) is 10.1. The summed E-state index contributed by atoms with van der Waals surface area (Å²) >= 11 is 3.11. The predicted molar refractivity (Wildman–Crippen MR) is 64.0 cm³/mol. The summed E-state index contributed by atoms with van der Waals surface area (Å²) in [4.78, 5) is 0. The van der Waals surface area contributed by atoms with Gasteiger partial charge in [-0.05, 0) is 40.5 Å². The minimum absolute atomic E-state index is 0.352. The Kier molecular flexibility index (Phi) is 4.78. The van der Waals surface area contributed by atoms with Gasteiger partial charge in [0.2, 0.25) is 0 Å². The number of ether oxygens (including phenoxy) is 1. The molecule has 1 aromatic rings. The van der Waals surface area contributed by atoms with Crippen LogP contribution in [0.3, 0.4) is 0 Å². The number of rotatable bonds is 4. The van der Waals surface area contributed by atoms with E-state index in [1.54, 1.807) is 6.07 Å². The summed E-state index contributed by atoms with van der Waals surface area (Å²) in [6, 6.07) is 2.94. The van der Waals surface area contributed by atoms with E-state index in [-0.39, 0.29) is 5.82 Å². The highest BCUT2D eigenvalue weighted by molar-refractivity contribution is 9.10. The van der Waals surface area contributed by atoms with Gasteiger partial charge in [-0.3, -0.25) is 0 Å². The molecule has 82 valence electrons. The second-order valence-electron chi connectivity index (χ2n) is 2.96. The van der Waals surface area contributed by atoms with Crippen molar-refractivity contribution in [3.8, 4) is 0 Å². The molecule has 0 aliphatic heterocycles. The van der Waals surface area contributed by atoms with Gasteiger partial charge < -0.3 is 10.5 Å². The van der Waals surface area contributed by atoms with Crippen molar-refractivity contribution in [1.82, 2.24) is 0 Å². The molecule has 0 bridgehead atoms. The van der Waals surface area contributed by atoms with E-state index in [4.69, 9.17) is 10.5 Å². The predicted octanol–water partition coefficient (Wildman–Crippen LogP) is 3.22. The topological polar surface area (TPSA) is 35.2 Å². The van der Waals surface area contributed by atoms with Crippen LogP contribution in [-0.2, 0) is 4.74 Å². The maximum atomic E-state index is 13.0. The van der Waals surface area contributed by atoms with Gasteiger partial charge >= 0.3 is 0 Å². The van der Waals surface area contributed by atoms with Gasteiger partial charge in [0.05, 0.1) is 11.1 Å². The van der Waals surface area contributed by atoms with Crippen molar-refractivity contribution in [3.63, 3.8) is 0 Å². The Labute approximate surface area is 97.1 Å². The molecule has 0 heterocycles. The summed E-state index contributed by atoms with van der Waals surface area (Å²) in [6.45, 7) is 3.13. The summed E-state index contributed by atoms with van der Waals surface area (Å²) in [5.74, 6) is -0.352. The van der Waals surface area contributed by atoms with Crippen LogP contribution in [-0.4, -0.2) is 13.2 Å². The average molecular weight is 274 g/mol. The molecule has 0 spiro atoms. The molecule has 1 aromatic carbocycles. The molecule has 0 aliphatic carbocycles. The summed E-state index contributed by atoms with van der Waals surface area (Å²) in [5.41, 5.74) is 6.85. The number of anilines is 1. The van der Waals surface area contributed by atoms with Gasteiger partial charge in [0, 0.05) is 12.3 Å². The SMILES string of the molecule is CCOC/C=C/c1cc(Br)c(F)cc1N. The van der Waals surface area contributed by atoms with Crippen LogP contribution < -0.4 is 5.73 Å². The van der Waals surface area contributed by atoms with Gasteiger partial charge in [0.15, 0.2) is 0 Å². The van der Waals surface area contributed by atoms with E-state index in [0.29, 0.717) is 23.4 Å². The summed E-state index contributed by atoms with van der Waals surface area (Å²) in [5, 5.41) is 0. The van der Waals surface area contributed by atoms with Gasteiger partial charge in [-0.1, -0.05) is 12.2 Å². The van der Waals surface area contributed by atoms with Crippen molar-refractivity contribution in [2.45, 2.75) is 6.92 Å². The summed E-state index contributed by atoms with van der Waals surface area (Å²) in [7, 11) is 0. The van der Waals surface area contributed by atoms with Crippen molar-refractivity contribution in [1.29, 1.82) is 0 Å². The normalized spacial score (nSPS) is 11.1. The lowest BCUT2D eigenvalue weighted by molar-refractivity contribution is 0.178. The first-order chi connectivity index (χ1) is 7.15. The minimum atomic E-state index is -0.352. The smallest absolute Gasteiger partial charge is 0.139 e. The monoisotopic (exact) mass is 273 g/mol.